The lowest BCUT2D eigenvalue weighted by Gasteiger charge is -2.12. The van der Waals surface area contributed by atoms with Gasteiger partial charge in [-0.15, -0.1) is 0 Å². The minimum absolute atomic E-state index is 0.120. The molecule has 32 heavy (non-hydrogen) atoms. The molecule has 3 rings (SSSR count). The number of carbonyl (C=O) groups is 2. The van der Waals surface area contributed by atoms with Crippen LogP contribution in [0.1, 0.15) is 36.7 Å². The highest BCUT2D eigenvalue weighted by Gasteiger charge is 2.32. The summed E-state index contributed by atoms with van der Waals surface area (Å²) >= 11 is 1.29. The number of hydrogen-bond acceptors (Lipinski definition) is 7. The molecule has 0 unspecified atom stereocenters. The number of esters is 1. The van der Waals surface area contributed by atoms with Crippen LogP contribution in [0.4, 0.5) is 5.69 Å². The van der Waals surface area contributed by atoms with Gasteiger partial charge < -0.3 is 14.2 Å². The molecule has 0 bridgehead atoms. The molecule has 2 aromatic carbocycles. The zero-order valence-electron chi connectivity index (χ0n) is 18.6. The molecule has 0 aliphatic carbocycles. The van der Waals surface area contributed by atoms with E-state index in [-0.39, 0.29) is 5.91 Å². The van der Waals surface area contributed by atoms with E-state index in [1.165, 1.54) is 11.8 Å². The second-order valence-electron chi connectivity index (χ2n) is 6.67. The molecular formula is C24H26N2O5S. The normalized spacial score (nSPS) is 16.0. The minimum atomic E-state index is -0.401. The van der Waals surface area contributed by atoms with Crippen LogP contribution in [-0.4, -0.2) is 48.8 Å². The molecular weight excluding hydrogens is 428 g/mol. The van der Waals surface area contributed by atoms with Crippen molar-refractivity contribution >= 4 is 40.6 Å². The number of methoxy groups -OCH3 is 1. The first-order valence-corrected chi connectivity index (χ1v) is 11.2. The van der Waals surface area contributed by atoms with Crippen LogP contribution in [0.25, 0.3) is 6.08 Å². The van der Waals surface area contributed by atoms with Crippen molar-refractivity contribution in [1.29, 1.82) is 0 Å². The number of aliphatic imine (C=N–C) groups is 1. The van der Waals surface area contributed by atoms with E-state index in [2.05, 4.69) is 4.99 Å². The van der Waals surface area contributed by atoms with Gasteiger partial charge in [-0.05, 0) is 74.5 Å². The third kappa shape index (κ3) is 5.31. The smallest absolute Gasteiger partial charge is 0.338 e. The van der Waals surface area contributed by atoms with Crippen molar-refractivity contribution in [2.45, 2.75) is 20.8 Å². The molecule has 0 saturated carbocycles. The molecule has 1 heterocycles. The average Bonchev–Trinajstić information content (AvgIpc) is 3.08. The summed E-state index contributed by atoms with van der Waals surface area (Å²) in [5.74, 6) is 0.739. The maximum absolute atomic E-state index is 13.0. The van der Waals surface area contributed by atoms with E-state index in [1.54, 1.807) is 43.2 Å². The Hall–Kier alpha value is -3.26. The number of ether oxygens (including phenoxy) is 3. The van der Waals surface area contributed by atoms with Gasteiger partial charge >= 0.3 is 5.97 Å². The van der Waals surface area contributed by atoms with Crippen LogP contribution < -0.4 is 9.47 Å². The Labute approximate surface area is 192 Å². The zero-order chi connectivity index (χ0) is 23.1. The van der Waals surface area contributed by atoms with Gasteiger partial charge in [-0.2, -0.15) is 0 Å². The molecule has 1 aliphatic heterocycles. The molecule has 0 aromatic heterocycles. The van der Waals surface area contributed by atoms with Crippen molar-refractivity contribution in [2.24, 2.45) is 4.99 Å². The van der Waals surface area contributed by atoms with Crippen molar-refractivity contribution < 1.29 is 23.8 Å². The van der Waals surface area contributed by atoms with Crippen molar-refractivity contribution in [3.63, 3.8) is 0 Å². The second kappa shape index (κ2) is 10.9. The van der Waals surface area contributed by atoms with Gasteiger partial charge in [0.15, 0.2) is 16.7 Å². The standard InChI is InChI=1S/C24H26N2O5S/c1-5-26-22(27)21(14-16-11-12-19(30-6-2)20(13-16)29-4)32-24(26)25-18-10-8-9-17(15-18)23(28)31-7-3/h8-15H,5-7H2,1-4H3. The van der Waals surface area contributed by atoms with Crippen molar-refractivity contribution in [1.82, 2.24) is 4.90 Å². The summed E-state index contributed by atoms with van der Waals surface area (Å²) < 4.78 is 16.0. The highest BCUT2D eigenvalue weighted by atomic mass is 32.2. The maximum Gasteiger partial charge on any atom is 0.338 e. The maximum atomic E-state index is 13.0. The van der Waals surface area contributed by atoms with E-state index < -0.39 is 5.97 Å². The quantitative estimate of drug-likeness (QED) is 0.417. The zero-order valence-corrected chi connectivity index (χ0v) is 19.4. The lowest BCUT2D eigenvalue weighted by molar-refractivity contribution is -0.122. The van der Waals surface area contributed by atoms with Crippen LogP contribution in [0.15, 0.2) is 52.4 Å². The fraction of sp³-hybridized carbons (Fsp3) is 0.292. The van der Waals surface area contributed by atoms with Crippen LogP contribution in [0.5, 0.6) is 11.5 Å². The monoisotopic (exact) mass is 454 g/mol. The molecule has 0 spiro atoms. The Bertz CT molecular complexity index is 1060. The van der Waals surface area contributed by atoms with Crippen molar-refractivity contribution in [3.8, 4) is 11.5 Å². The second-order valence-corrected chi connectivity index (χ2v) is 7.68. The van der Waals surface area contributed by atoms with Gasteiger partial charge in [0.25, 0.3) is 5.91 Å². The molecule has 8 heteroatoms. The van der Waals surface area contributed by atoms with E-state index in [0.29, 0.717) is 52.6 Å². The Kier molecular flexibility index (Phi) is 7.94. The van der Waals surface area contributed by atoms with Gasteiger partial charge in [-0.25, -0.2) is 9.79 Å². The van der Waals surface area contributed by atoms with Gasteiger partial charge in [0.05, 0.1) is 36.5 Å². The molecule has 1 saturated heterocycles. The SMILES string of the molecule is CCOC(=O)c1cccc(N=C2SC(=Cc3ccc(OCC)c(OC)c3)C(=O)N2CC)c1. The minimum Gasteiger partial charge on any atom is -0.493 e. The van der Waals surface area contributed by atoms with E-state index >= 15 is 0 Å². The van der Waals surface area contributed by atoms with Gasteiger partial charge in [0.2, 0.25) is 0 Å². The highest BCUT2D eigenvalue weighted by molar-refractivity contribution is 8.18. The summed E-state index contributed by atoms with van der Waals surface area (Å²) in [6, 6.07) is 12.4. The predicted octanol–water partition coefficient (Wildman–Crippen LogP) is 4.89. The fourth-order valence-corrected chi connectivity index (χ4v) is 4.16. The van der Waals surface area contributed by atoms with Crippen molar-refractivity contribution in [2.75, 3.05) is 26.9 Å². The molecule has 1 amide bonds. The molecule has 0 N–H and O–H groups in total. The summed E-state index contributed by atoms with van der Waals surface area (Å²) in [5, 5.41) is 0.558. The lowest BCUT2D eigenvalue weighted by atomic mass is 10.2. The summed E-state index contributed by atoms with van der Waals surface area (Å²) in [6.07, 6.45) is 1.81. The summed E-state index contributed by atoms with van der Waals surface area (Å²) in [7, 11) is 1.58. The van der Waals surface area contributed by atoms with E-state index in [0.717, 1.165) is 5.56 Å². The number of carbonyl (C=O) groups excluding carboxylic acids is 2. The first-order valence-electron chi connectivity index (χ1n) is 10.4. The van der Waals surface area contributed by atoms with Gasteiger partial charge in [0.1, 0.15) is 0 Å². The van der Waals surface area contributed by atoms with E-state index in [9.17, 15) is 9.59 Å². The number of amides is 1. The molecule has 7 nitrogen and oxygen atoms in total. The summed E-state index contributed by atoms with van der Waals surface area (Å²) in [4.78, 5) is 31.7. The summed E-state index contributed by atoms with van der Waals surface area (Å²) in [6.45, 7) is 6.88. The van der Waals surface area contributed by atoms with Gasteiger partial charge in [0, 0.05) is 6.54 Å². The number of nitrogens with zero attached hydrogens (tertiary/aromatic N) is 2. The average molecular weight is 455 g/mol. The Morgan fingerprint density at radius 3 is 2.59 bits per heavy atom. The van der Waals surface area contributed by atoms with Crippen molar-refractivity contribution in [3.05, 3.63) is 58.5 Å². The predicted molar refractivity (Wildman–Crippen MR) is 127 cm³/mol. The number of thioether (sulfide) groups is 1. The number of likely N-dealkylation sites (N-methyl/N-ethyl adjacent to an activating group) is 1. The van der Waals surface area contributed by atoms with Crippen LogP contribution >= 0.6 is 11.8 Å². The fourth-order valence-electron chi connectivity index (χ4n) is 3.10. The van der Waals surface area contributed by atoms with E-state index in [1.807, 2.05) is 38.1 Å². The molecule has 2 aromatic rings. The third-order valence-electron chi connectivity index (χ3n) is 4.57. The Balaban J connectivity index is 1.89. The third-order valence-corrected chi connectivity index (χ3v) is 5.58. The van der Waals surface area contributed by atoms with Gasteiger partial charge in [-0.3, -0.25) is 9.69 Å². The Morgan fingerprint density at radius 2 is 1.91 bits per heavy atom. The topological polar surface area (TPSA) is 77.4 Å². The van der Waals surface area contributed by atoms with Gasteiger partial charge in [-0.1, -0.05) is 12.1 Å². The van der Waals surface area contributed by atoms with Crippen LogP contribution in [0, 0.1) is 0 Å². The molecule has 1 aliphatic rings. The Morgan fingerprint density at radius 1 is 1.09 bits per heavy atom. The number of amidine groups is 1. The van der Waals surface area contributed by atoms with E-state index in [4.69, 9.17) is 14.2 Å². The van der Waals surface area contributed by atoms with Crippen LogP contribution in [0.2, 0.25) is 0 Å². The lowest BCUT2D eigenvalue weighted by Crippen LogP contribution is -2.28. The van der Waals surface area contributed by atoms with Crippen LogP contribution in [0.3, 0.4) is 0 Å². The first kappa shape index (κ1) is 23.4. The largest absolute Gasteiger partial charge is 0.493 e. The number of benzene rings is 2. The van der Waals surface area contributed by atoms with Crippen LogP contribution in [-0.2, 0) is 9.53 Å². The number of rotatable bonds is 8. The highest BCUT2D eigenvalue weighted by Crippen LogP contribution is 2.35. The molecule has 0 radical (unpaired) electrons. The molecule has 1 fully saturated rings. The number of hydrogen-bond donors (Lipinski definition) is 0. The molecule has 0 atom stereocenters. The summed E-state index contributed by atoms with van der Waals surface area (Å²) in [5.41, 5.74) is 1.82. The molecule has 168 valence electrons. The first-order chi connectivity index (χ1) is 15.5.